The van der Waals surface area contributed by atoms with Gasteiger partial charge < -0.3 is 15.2 Å². The number of aliphatic hydroxyl groups is 1. The molecule has 2 heterocycles. The number of aromatic nitrogens is 2. The van der Waals surface area contributed by atoms with Crippen molar-refractivity contribution in [3.63, 3.8) is 0 Å². The maximum absolute atomic E-state index is 12.4. The fourth-order valence-corrected chi connectivity index (χ4v) is 5.07. The highest BCUT2D eigenvalue weighted by Crippen LogP contribution is 2.38. The van der Waals surface area contributed by atoms with Crippen molar-refractivity contribution in [1.29, 1.82) is 0 Å². The molecular weight excluding hydrogens is 482 g/mol. The van der Waals surface area contributed by atoms with Gasteiger partial charge in [0.25, 0.3) is 0 Å². The molecule has 1 amide bonds. The molecule has 2 N–H and O–H groups in total. The zero-order valence-electron chi connectivity index (χ0n) is 20.5. The van der Waals surface area contributed by atoms with E-state index in [2.05, 4.69) is 10.4 Å². The highest BCUT2D eigenvalue weighted by Gasteiger charge is 2.27. The molecule has 0 bridgehead atoms. The first kappa shape index (κ1) is 25.2. The Morgan fingerprint density at radius 1 is 1.17 bits per heavy atom. The molecule has 1 atom stereocenters. The van der Waals surface area contributed by atoms with E-state index in [1.807, 2.05) is 81.5 Å². The average Bonchev–Trinajstić information content (AvgIpc) is 3.40. The summed E-state index contributed by atoms with van der Waals surface area (Å²) in [5.74, 6) is 0. The Labute approximate surface area is 214 Å². The highest BCUT2D eigenvalue weighted by atomic mass is 35.5. The number of carbonyl (C=O) groups is 1. The number of nitrogens with zero attached hydrogens (tertiary/aromatic N) is 2. The molecule has 0 spiro atoms. The summed E-state index contributed by atoms with van der Waals surface area (Å²) in [5, 5.41) is 18.9. The topological polar surface area (TPSA) is 76.4 Å². The Hall–Kier alpha value is -2.87. The van der Waals surface area contributed by atoms with E-state index in [0.717, 1.165) is 26.7 Å². The van der Waals surface area contributed by atoms with Crippen molar-refractivity contribution in [2.75, 3.05) is 0 Å². The standard InChI is InChI=1S/C27H30ClN3O3S/c1-26(2,3)34-25(32)29-19-12-8-6-10-17(19)22-14-15-23(35-22)21-16-24(27(4,5)33)30-31(21)20-13-9-7-11-18(20)28/h6-11,13-16,19,33H,12H2,1-5H3,(H,29,32). The van der Waals surface area contributed by atoms with Crippen LogP contribution in [0.25, 0.3) is 21.8 Å². The lowest BCUT2D eigenvalue weighted by atomic mass is 9.97. The van der Waals surface area contributed by atoms with Crippen molar-refractivity contribution in [2.45, 2.75) is 58.3 Å². The lowest BCUT2D eigenvalue weighted by Gasteiger charge is -2.25. The van der Waals surface area contributed by atoms with E-state index >= 15 is 0 Å². The van der Waals surface area contributed by atoms with Crippen molar-refractivity contribution < 1.29 is 14.6 Å². The molecular formula is C27H30ClN3O3S. The zero-order valence-corrected chi connectivity index (χ0v) is 22.1. The third-order valence-corrected chi connectivity index (χ3v) is 6.89. The lowest BCUT2D eigenvalue weighted by molar-refractivity contribution is 0.0516. The van der Waals surface area contributed by atoms with Crippen LogP contribution in [0.3, 0.4) is 0 Å². The molecule has 0 radical (unpaired) electrons. The van der Waals surface area contributed by atoms with Crippen LogP contribution < -0.4 is 5.32 Å². The largest absolute Gasteiger partial charge is 0.444 e. The molecule has 0 fully saturated rings. The van der Waals surface area contributed by atoms with Crippen molar-refractivity contribution in [1.82, 2.24) is 15.1 Å². The van der Waals surface area contributed by atoms with E-state index in [1.54, 1.807) is 29.9 Å². The Bertz CT molecular complexity index is 1290. The zero-order chi connectivity index (χ0) is 25.4. The molecule has 184 valence electrons. The van der Waals surface area contributed by atoms with E-state index in [-0.39, 0.29) is 6.04 Å². The monoisotopic (exact) mass is 511 g/mol. The number of rotatable bonds is 5. The summed E-state index contributed by atoms with van der Waals surface area (Å²) in [6.45, 7) is 8.96. The second kappa shape index (κ2) is 9.64. The first-order valence-corrected chi connectivity index (χ1v) is 12.7. The maximum atomic E-state index is 12.4. The van der Waals surface area contributed by atoms with E-state index < -0.39 is 17.3 Å². The summed E-state index contributed by atoms with van der Waals surface area (Å²) in [5.41, 5.74) is 1.45. The molecule has 1 aliphatic carbocycles. The summed E-state index contributed by atoms with van der Waals surface area (Å²) >= 11 is 8.09. The average molecular weight is 512 g/mol. The van der Waals surface area contributed by atoms with Crippen LogP contribution >= 0.6 is 22.9 Å². The SMILES string of the molecule is CC(C)(C)OC(=O)NC1CC=CC=C1c1ccc(-c2cc(C(C)(C)O)nn2-c2ccccc2Cl)s1. The van der Waals surface area contributed by atoms with Crippen LogP contribution in [-0.2, 0) is 10.3 Å². The molecule has 0 saturated heterocycles. The predicted molar refractivity (Wildman–Crippen MR) is 142 cm³/mol. The fraction of sp³-hybridized carbons (Fsp3) is 0.333. The van der Waals surface area contributed by atoms with Gasteiger partial charge in [0.1, 0.15) is 11.2 Å². The lowest BCUT2D eigenvalue weighted by Crippen LogP contribution is -2.39. The van der Waals surface area contributed by atoms with E-state index in [4.69, 9.17) is 16.3 Å². The number of amides is 1. The number of carbonyl (C=O) groups excluding carboxylic acids is 1. The van der Waals surface area contributed by atoms with Crippen molar-refractivity contribution >= 4 is 34.6 Å². The van der Waals surface area contributed by atoms with Crippen LogP contribution in [0.1, 0.15) is 51.6 Å². The quantitative estimate of drug-likeness (QED) is 0.398. The van der Waals surface area contributed by atoms with E-state index in [9.17, 15) is 9.90 Å². The fourth-order valence-electron chi connectivity index (χ4n) is 3.76. The van der Waals surface area contributed by atoms with Crippen LogP contribution in [-0.4, -0.2) is 32.6 Å². The van der Waals surface area contributed by atoms with Crippen LogP contribution in [0.15, 0.2) is 60.7 Å². The van der Waals surface area contributed by atoms with Gasteiger partial charge in [0.2, 0.25) is 0 Å². The normalized spacial score (nSPS) is 16.2. The summed E-state index contributed by atoms with van der Waals surface area (Å²) in [4.78, 5) is 14.4. The second-order valence-electron chi connectivity index (χ2n) is 9.99. The smallest absolute Gasteiger partial charge is 0.408 e. The number of allylic oxidation sites excluding steroid dienone is 2. The summed E-state index contributed by atoms with van der Waals surface area (Å²) < 4.78 is 7.24. The maximum Gasteiger partial charge on any atom is 0.408 e. The van der Waals surface area contributed by atoms with Crippen LogP contribution in [0.2, 0.25) is 5.02 Å². The molecule has 1 aliphatic rings. The van der Waals surface area contributed by atoms with Crippen molar-refractivity contribution in [3.8, 4) is 16.3 Å². The minimum atomic E-state index is -1.11. The molecule has 1 aromatic carbocycles. The molecule has 35 heavy (non-hydrogen) atoms. The van der Waals surface area contributed by atoms with Gasteiger partial charge in [-0.25, -0.2) is 9.48 Å². The van der Waals surface area contributed by atoms with Gasteiger partial charge in [0.05, 0.1) is 33.0 Å². The molecule has 3 aromatic rings. The van der Waals surface area contributed by atoms with E-state index in [1.165, 1.54) is 0 Å². The summed E-state index contributed by atoms with van der Waals surface area (Å²) in [6.07, 6.45) is 6.30. The Morgan fingerprint density at radius 3 is 2.57 bits per heavy atom. The van der Waals surface area contributed by atoms with Gasteiger partial charge in [-0.2, -0.15) is 5.10 Å². The number of thiophene rings is 1. The molecule has 4 rings (SSSR count). The minimum Gasteiger partial charge on any atom is -0.444 e. The van der Waals surface area contributed by atoms with Crippen molar-refractivity contribution in [3.05, 3.63) is 76.3 Å². The number of para-hydroxylation sites is 1. The van der Waals surface area contributed by atoms with Gasteiger partial charge in [-0.1, -0.05) is 42.0 Å². The molecule has 2 aromatic heterocycles. The number of halogens is 1. The van der Waals surface area contributed by atoms with Gasteiger partial charge in [0.15, 0.2) is 0 Å². The highest BCUT2D eigenvalue weighted by molar-refractivity contribution is 7.16. The van der Waals surface area contributed by atoms with Gasteiger partial charge in [-0.05, 0) is 76.9 Å². The van der Waals surface area contributed by atoms with Gasteiger partial charge in [-0.15, -0.1) is 11.3 Å². The number of benzene rings is 1. The third-order valence-electron chi connectivity index (χ3n) is 5.41. The first-order valence-electron chi connectivity index (χ1n) is 11.5. The summed E-state index contributed by atoms with van der Waals surface area (Å²) in [6, 6.07) is 13.3. The van der Waals surface area contributed by atoms with Crippen LogP contribution in [0.5, 0.6) is 0 Å². The van der Waals surface area contributed by atoms with Gasteiger partial charge in [0, 0.05) is 4.88 Å². The molecule has 0 aliphatic heterocycles. The second-order valence-corrected chi connectivity index (χ2v) is 11.5. The Morgan fingerprint density at radius 2 is 1.89 bits per heavy atom. The van der Waals surface area contributed by atoms with Gasteiger partial charge >= 0.3 is 6.09 Å². The van der Waals surface area contributed by atoms with Crippen LogP contribution in [0.4, 0.5) is 4.79 Å². The first-order chi connectivity index (χ1) is 16.4. The summed E-state index contributed by atoms with van der Waals surface area (Å²) in [7, 11) is 0. The number of hydrogen-bond donors (Lipinski definition) is 2. The number of ether oxygens (including phenoxy) is 1. The van der Waals surface area contributed by atoms with Crippen molar-refractivity contribution in [2.24, 2.45) is 0 Å². The molecule has 0 saturated carbocycles. The van der Waals surface area contributed by atoms with Gasteiger partial charge in [-0.3, -0.25) is 0 Å². The number of nitrogens with one attached hydrogen (secondary N) is 1. The minimum absolute atomic E-state index is 0.193. The Kier molecular flexibility index (Phi) is 6.95. The van der Waals surface area contributed by atoms with Crippen LogP contribution in [0, 0.1) is 0 Å². The predicted octanol–water partition coefficient (Wildman–Crippen LogP) is 6.72. The van der Waals surface area contributed by atoms with E-state index in [0.29, 0.717) is 17.1 Å². The Balaban J connectivity index is 1.69. The number of alkyl carbamates (subject to hydrolysis) is 1. The molecule has 1 unspecified atom stereocenters. The number of hydrogen-bond acceptors (Lipinski definition) is 5. The molecule has 8 heteroatoms. The third kappa shape index (κ3) is 5.86. The molecule has 6 nitrogen and oxygen atoms in total.